The maximum Gasteiger partial charge on any atom is 0.411 e. The smallest absolute Gasteiger partial charge is 0.411 e. The average molecular weight is 552 g/mol. The molecule has 0 saturated carbocycles. The van der Waals surface area contributed by atoms with E-state index in [0.717, 1.165) is 61.2 Å². The van der Waals surface area contributed by atoms with E-state index in [1.807, 2.05) is 23.0 Å². The summed E-state index contributed by atoms with van der Waals surface area (Å²) in [6, 6.07) is 7.32. The maximum absolute atomic E-state index is 12.0. The molecule has 40 heavy (non-hydrogen) atoms. The number of ether oxygens (including phenoxy) is 3. The fraction of sp³-hybridized carbons (Fsp3) is 0.519. The molecule has 2 unspecified atom stereocenters. The number of hydrogen-bond donors (Lipinski definition) is 2. The Morgan fingerprint density at radius 3 is 2.48 bits per heavy atom. The van der Waals surface area contributed by atoms with E-state index < -0.39 is 6.09 Å². The van der Waals surface area contributed by atoms with Gasteiger partial charge in [-0.2, -0.15) is 5.10 Å². The summed E-state index contributed by atoms with van der Waals surface area (Å²) in [6.07, 6.45) is 4.89. The van der Waals surface area contributed by atoms with Gasteiger partial charge < -0.3 is 29.1 Å². The van der Waals surface area contributed by atoms with Crippen molar-refractivity contribution in [2.24, 2.45) is 0 Å². The van der Waals surface area contributed by atoms with Gasteiger partial charge in [0, 0.05) is 37.4 Å². The van der Waals surface area contributed by atoms with Gasteiger partial charge in [0.15, 0.2) is 11.5 Å². The number of nitrogens with zero attached hydrogens (tertiary/aromatic N) is 6. The Morgan fingerprint density at radius 2 is 1.80 bits per heavy atom. The van der Waals surface area contributed by atoms with Crippen LogP contribution in [0.1, 0.15) is 31.7 Å². The number of anilines is 2. The Balaban J connectivity index is 1.32. The van der Waals surface area contributed by atoms with Crippen LogP contribution < -0.4 is 10.2 Å². The van der Waals surface area contributed by atoms with Gasteiger partial charge in [0.25, 0.3) is 0 Å². The predicted molar refractivity (Wildman–Crippen MR) is 145 cm³/mol. The number of amides is 2. The van der Waals surface area contributed by atoms with Crippen molar-refractivity contribution in [1.29, 1.82) is 0 Å². The molecule has 0 aliphatic carbocycles. The van der Waals surface area contributed by atoms with E-state index in [0.29, 0.717) is 24.6 Å². The molecule has 6 rings (SSSR count). The van der Waals surface area contributed by atoms with E-state index in [9.17, 15) is 9.59 Å². The zero-order valence-electron chi connectivity index (χ0n) is 22.4. The first kappa shape index (κ1) is 26.3. The summed E-state index contributed by atoms with van der Waals surface area (Å²) in [4.78, 5) is 37.9. The van der Waals surface area contributed by atoms with E-state index in [-0.39, 0.29) is 37.6 Å². The minimum atomic E-state index is -0.633. The van der Waals surface area contributed by atoms with Crippen molar-refractivity contribution >= 4 is 34.7 Å². The fourth-order valence-corrected chi connectivity index (χ4v) is 5.75. The lowest BCUT2D eigenvalue weighted by Crippen LogP contribution is -2.43. The standard InChI is InChI=1S/C27H33N7O6/c1-38-27(37)32-10-8-19(9-11-32)34-25-22(14-28-34)24(33-15-20-6-7-21(16-33)40-20)30-23(31-25)17-2-4-18(5-3-17)29-26(36)39-13-12-35/h2-5,14,19-21,35H,6-13,15-16H2,1H3,(H,29,36). The van der Waals surface area contributed by atoms with Crippen LogP contribution in [0.15, 0.2) is 30.5 Å². The lowest BCUT2D eigenvalue weighted by atomic mass is 10.1. The summed E-state index contributed by atoms with van der Waals surface area (Å²) in [5.74, 6) is 1.40. The van der Waals surface area contributed by atoms with E-state index in [1.54, 1.807) is 17.0 Å². The molecule has 212 valence electrons. The van der Waals surface area contributed by atoms with Crippen molar-refractivity contribution < 1.29 is 28.9 Å². The quantitative estimate of drug-likeness (QED) is 0.469. The van der Waals surface area contributed by atoms with Gasteiger partial charge in [-0.25, -0.2) is 24.2 Å². The SMILES string of the molecule is COC(=O)N1CCC(n2ncc3c(N4CC5CCC(C4)O5)nc(-c4ccc(NC(=O)OCCO)cc4)nc32)CC1. The van der Waals surface area contributed by atoms with Gasteiger partial charge in [-0.15, -0.1) is 0 Å². The van der Waals surface area contributed by atoms with Crippen LogP contribution in [-0.2, 0) is 14.2 Å². The Bertz CT molecular complexity index is 1360. The van der Waals surface area contributed by atoms with E-state index in [1.165, 1.54) is 7.11 Å². The molecule has 2 atom stereocenters. The van der Waals surface area contributed by atoms with E-state index in [2.05, 4.69) is 10.2 Å². The van der Waals surface area contributed by atoms with Crippen molar-refractivity contribution in [2.75, 3.05) is 56.7 Å². The fourth-order valence-electron chi connectivity index (χ4n) is 5.75. The number of piperidine rings is 1. The highest BCUT2D eigenvalue weighted by atomic mass is 16.6. The third-order valence-corrected chi connectivity index (χ3v) is 7.73. The highest BCUT2D eigenvalue weighted by Gasteiger charge is 2.36. The molecule has 2 bridgehead atoms. The number of aromatic nitrogens is 4. The molecule has 13 nitrogen and oxygen atoms in total. The van der Waals surface area contributed by atoms with Crippen LogP contribution in [0.25, 0.3) is 22.4 Å². The minimum Gasteiger partial charge on any atom is -0.453 e. The number of carbonyl (C=O) groups is 2. The Morgan fingerprint density at radius 1 is 1.07 bits per heavy atom. The number of likely N-dealkylation sites (tertiary alicyclic amines) is 1. The summed E-state index contributed by atoms with van der Waals surface area (Å²) in [5, 5.41) is 17.1. The largest absolute Gasteiger partial charge is 0.453 e. The third kappa shape index (κ3) is 5.26. The number of carbonyl (C=O) groups excluding carboxylic acids is 2. The molecule has 3 saturated heterocycles. The normalized spacial score (nSPS) is 21.1. The van der Waals surface area contributed by atoms with Gasteiger partial charge in [-0.3, -0.25) is 5.32 Å². The van der Waals surface area contributed by atoms with Gasteiger partial charge in [0.05, 0.1) is 43.5 Å². The summed E-state index contributed by atoms with van der Waals surface area (Å²) < 4.78 is 17.8. The number of fused-ring (bicyclic) bond motifs is 3. The van der Waals surface area contributed by atoms with Gasteiger partial charge in [0.2, 0.25) is 0 Å². The lowest BCUT2D eigenvalue weighted by molar-refractivity contribution is 0.0303. The van der Waals surface area contributed by atoms with Crippen molar-refractivity contribution in [3.63, 3.8) is 0 Å². The summed E-state index contributed by atoms with van der Waals surface area (Å²) in [7, 11) is 1.40. The van der Waals surface area contributed by atoms with Crippen LogP contribution in [0.4, 0.5) is 21.1 Å². The first-order chi connectivity index (χ1) is 19.5. The molecular formula is C27H33N7O6. The van der Waals surface area contributed by atoms with Crippen LogP contribution in [0.2, 0.25) is 0 Å². The number of rotatable bonds is 6. The topological polar surface area (TPSA) is 144 Å². The first-order valence-electron chi connectivity index (χ1n) is 13.7. The molecule has 3 fully saturated rings. The molecule has 5 heterocycles. The molecule has 2 N–H and O–H groups in total. The molecule has 0 spiro atoms. The van der Waals surface area contributed by atoms with Gasteiger partial charge in [-0.05, 0) is 49.9 Å². The zero-order valence-corrected chi connectivity index (χ0v) is 22.4. The highest BCUT2D eigenvalue weighted by Crippen LogP contribution is 2.35. The van der Waals surface area contributed by atoms with Crippen LogP contribution in [0, 0.1) is 0 Å². The van der Waals surface area contributed by atoms with Crippen molar-refractivity contribution in [3.05, 3.63) is 30.5 Å². The second-order valence-corrected chi connectivity index (χ2v) is 10.3. The van der Waals surface area contributed by atoms with Crippen molar-refractivity contribution in [2.45, 2.75) is 43.9 Å². The predicted octanol–water partition coefficient (Wildman–Crippen LogP) is 2.81. The van der Waals surface area contributed by atoms with Crippen LogP contribution >= 0.6 is 0 Å². The number of aliphatic hydroxyl groups is 1. The molecule has 3 aliphatic rings. The van der Waals surface area contributed by atoms with E-state index in [4.69, 9.17) is 34.4 Å². The summed E-state index contributed by atoms with van der Waals surface area (Å²) in [5.41, 5.74) is 2.10. The molecule has 3 aliphatic heterocycles. The molecule has 3 aromatic rings. The van der Waals surface area contributed by atoms with E-state index >= 15 is 0 Å². The van der Waals surface area contributed by atoms with Crippen molar-refractivity contribution in [1.82, 2.24) is 24.6 Å². The second kappa shape index (κ2) is 11.3. The monoisotopic (exact) mass is 551 g/mol. The summed E-state index contributed by atoms with van der Waals surface area (Å²) >= 11 is 0. The van der Waals surface area contributed by atoms with Gasteiger partial charge >= 0.3 is 12.2 Å². The number of benzene rings is 1. The molecule has 0 radical (unpaired) electrons. The van der Waals surface area contributed by atoms with Crippen LogP contribution in [0.5, 0.6) is 0 Å². The number of morpholine rings is 1. The van der Waals surface area contributed by atoms with Crippen LogP contribution in [-0.4, -0.2) is 101 Å². The van der Waals surface area contributed by atoms with Crippen molar-refractivity contribution in [3.8, 4) is 11.4 Å². The number of methoxy groups -OCH3 is 1. The van der Waals surface area contributed by atoms with Gasteiger partial charge in [0.1, 0.15) is 12.4 Å². The minimum absolute atomic E-state index is 0.0702. The van der Waals surface area contributed by atoms with Crippen LogP contribution in [0.3, 0.4) is 0 Å². The van der Waals surface area contributed by atoms with Gasteiger partial charge in [-0.1, -0.05) is 0 Å². The second-order valence-electron chi connectivity index (χ2n) is 10.3. The number of aliphatic hydroxyl groups excluding tert-OH is 1. The number of nitrogens with one attached hydrogen (secondary N) is 1. The molecule has 13 heteroatoms. The Hall–Kier alpha value is -3.97. The zero-order chi connectivity index (χ0) is 27.6. The Kier molecular flexibility index (Phi) is 7.39. The third-order valence-electron chi connectivity index (χ3n) is 7.73. The molecule has 2 aromatic heterocycles. The summed E-state index contributed by atoms with van der Waals surface area (Å²) in [6.45, 7) is 2.41. The maximum atomic E-state index is 12.0. The average Bonchev–Trinajstić information content (AvgIpc) is 3.57. The number of hydrogen-bond acceptors (Lipinski definition) is 10. The first-order valence-corrected chi connectivity index (χ1v) is 13.7. The lowest BCUT2D eigenvalue weighted by Gasteiger charge is -2.33. The molecule has 1 aromatic carbocycles. The molecule has 2 amide bonds. The Labute approximate surface area is 231 Å². The highest BCUT2D eigenvalue weighted by molar-refractivity contribution is 5.89. The molecular weight excluding hydrogens is 518 g/mol.